The van der Waals surface area contributed by atoms with Gasteiger partial charge in [0, 0.05) is 17.8 Å². The van der Waals surface area contributed by atoms with Gasteiger partial charge in [-0.25, -0.2) is 4.68 Å². The van der Waals surface area contributed by atoms with Gasteiger partial charge in [-0.1, -0.05) is 39.5 Å². The second kappa shape index (κ2) is 7.66. The molecule has 98 valence electrons. The van der Waals surface area contributed by atoms with Crippen molar-refractivity contribution in [3.8, 4) is 0 Å². The molecule has 6 heteroatoms. The maximum atomic E-state index is 4.09. The van der Waals surface area contributed by atoms with Crippen LogP contribution in [0.4, 0.5) is 0 Å². The Morgan fingerprint density at radius 2 is 2.00 bits per heavy atom. The van der Waals surface area contributed by atoms with Crippen LogP contribution in [0.1, 0.15) is 40.5 Å². The Morgan fingerprint density at radius 3 is 2.59 bits per heavy atom. The van der Waals surface area contributed by atoms with Crippen LogP contribution in [-0.2, 0) is 6.54 Å². The first-order valence-electron chi connectivity index (χ1n) is 6.33. The van der Waals surface area contributed by atoms with E-state index in [1.807, 2.05) is 4.68 Å². The number of thioether (sulfide) groups is 1. The second-order valence-corrected chi connectivity index (χ2v) is 5.62. The van der Waals surface area contributed by atoms with E-state index in [2.05, 4.69) is 48.5 Å². The monoisotopic (exact) mass is 257 g/mol. The van der Waals surface area contributed by atoms with Gasteiger partial charge in [-0.3, -0.25) is 0 Å². The van der Waals surface area contributed by atoms with E-state index >= 15 is 0 Å². The molecular formula is C11H23N5S. The highest BCUT2D eigenvalue weighted by atomic mass is 32.2. The van der Waals surface area contributed by atoms with Gasteiger partial charge >= 0.3 is 0 Å². The number of nitrogens with one attached hydrogen (secondary N) is 1. The summed E-state index contributed by atoms with van der Waals surface area (Å²) < 4.78 is 1.89. The molecule has 0 fully saturated rings. The van der Waals surface area contributed by atoms with Crippen molar-refractivity contribution in [3.63, 3.8) is 0 Å². The average molecular weight is 257 g/mol. The van der Waals surface area contributed by atoms with E-state index in [4.69, 9.17) is 0 Å². The second-order valence-electron chi connectivity index (χ2n) is 4.35. The van der Waals surface area contributed by atoms with Gasteiger partial charge in [-0.15, -0.1) is 5.10 Å². The van der Waals surface area contributed by atoms with E-state index in [0.717, 1.165) is 31.1 Å². The van der Waals surface area contributed by atoms with E-state index in [1.165, 1.54) is 0 Å². The third kappa shape index (κ3) is 5.04. The molecule has 0 atom stereocenters. The lowest BCUT2D eigenvalue weighted by Gasteiger charge is -2.12. The molecule has 0 aliphatic rings. The Labute approximate surface area is 108 Å². The summed E-state index contributed by atoms with van der Waals surface area (Å²) >= 11 is 1.78. The van der Waals surface area contributed by atoms with Crippen LogP contribution in [0, 0.1) is 0 Å². The van der Waals surface area contributed by atoms with Crippen molar-refractivity contribution in [2.24, 2.45) is 0 Å². The number of rotatable bonds is 8. The molecule has 1 aromatic rings. The first-order chi connectivity index (χ1) is 8.17. The quantitative estimate of drug-likeness (QED) is 0.721. The molecule has 1 heterocycles. The first kappa shape index (κ1) is 14.4. The Morgan fingerprint density at radius 1 is 1.29 bits per heavy atom. The molecule has 0 saturated heterocycles. The van der Waals surface area contributed by atoms with Gasteiger partial charge in [0.2, 0.25) is 5.16 Å². The summed E-state index contributed by atoms with van der Waals surface area (Å²) in [7, 11) is 0. The molecule has 0 spiro atoms. The Kier molecular flexibility index (Phi) is 6.50. The van der Waals surface area contributed by atoms with Gasteiger partial charge in [-0.2, -0.15) is 0 Å². The van der Waals surface area contributed by atoms with Gasteiger partial charge in [0.25, 0.3) is 0 Å². The fourth-order valence-electron chi connectivity index (χ4n) is 1.48. The zero-order valence-corrected chi connectivity index (χ0v) is 12.0. The number of hydrogen-bond acceptors (Lipinski definition) is 5. The normalized spacial score (nSPS) is 11.6. The van der Waals surface area contributed by atoms with Crippen LogP contribution in [-0.4, -0.2) is 38.0 Å². The van der Waals surface area contributed by atoms with Crippen LogP contribution in [0.25, 0.3) is 0 Å². The van der Waals surface area contributed by atoms with Crippen molar-refractivity contribution < 1.29 is 0 Å². The Bertz CT molecular complexity index is 309. The van der Waals surface area contributed by atoms with Crippen LogP contribution < -0.4 is 5.32 Å². The molecule has 0 saturated carbocycles. The van der Waals surface area contributed by atoms with Crippen molar-refractivity contribution in [1.82, 2.24) is 25.5 Å². The van der Waals surface area contributed by atoms with Crippen molar-refractivity contribution in [2.45, 2.75) is 63.5 Å². The zero-order valence-electron chi connectivity index (χ0n) is 11.2. The standard InChI is InChI=1S/C11H23N5S/c1-5-10(6-2)17-11-13-14-15-16(11)8-7-12-9(3)4/h9-10,12H,5-8H2,1-4H3. The minimum atomic E-state index is 0.501. The lowest BCUT2D eigenvalue weighted by atomic mass is 10.3. The highest BCUT2D eigenvalue weighted by Gasteiger charge is 2.12. The van der Waals surface area contributed by atoms with Crippen molar-refractivity contribution in [1.29, 1.82) is 0 Å². The average Bonchev–Trinajstić information content (AvgIpc) is 2.73. The Hall–Kier alpha value is -0.620. The summed E-state index contributed by atoms with van der Waals surface area (Å²) in [6.45, 7) is 10.4. The third-order valence-electron chi connectivity index (χ3n) is 2.56. The molecule has 0 unspecified atom stereocenters. The summed E-state index contributed by atoms with van der Waals surface area (Å²) in [5.74, 6) is 0. The summed E-state index contributed by atoms with van der Waals surface area (Å²) in [6, 6.07) is 0.501. The van der Waals surface area contributed by atoms with Crippen molar-refractivity contribution in [3.05, 3.63) is 0 Å². The predicted molar refractivity (Wildman–Crippen MR) is 71.2 cm³/mol. The molecule has 0 aromatic carbocycles. The molecule has 0 aliphatic heterocycles. The highest BCUT2D eigenvalue weighted by Crippen LogP contribution is 2.24. The number of aromatic nitrogens is 4. The lowest BCUT2D eigenvalue weighted by Crippen LogP contribution is -2.27. The van der Waals surface area contributed by atoms with E-state index in [9.17, 15) is 0 Å². The van der Waals surface area contributed by atoms with Crippen LogP contribution in [0.5, 0.6) is 0 Å². The van der Waals surface area contributed by atoms with Crippen molar-refractivity contribution in [2.75, 3.05) is 6.54 Å². The summed E-state index contributed by atoms with van der Waals surface area (Å²) in [6.07, 6.45) is 2.30. The maximum Gasteiger partial charge on any atom is 0.209 e. The van der Waals surface area contributed by atoms with Crippen LogP contribution >= 0.6 is 11.8 Å². The molecule has 0 amide bonds. The number of tetrazole rings is 1. The number of nitrogens with zero attached hydrogens (tertiary/aromatic N) is 4. The smallest absolute Gasteiger partial charge is 0.209 e. The molecular weight excluding hydrogens is 234 g/mol. The van der Waals surface area contributed by atoms with Gasteiger partial charge in [0.05, 0.1) is 6.54 Å². The topological polar surface area (TPSA) is 55.6 Å². The van der Waals surface area contributed by atoms with Gasteiger partial charge in [-0.05, 0) is 23.3 Å². The van der Waals surface area contributed by atoms with Gasteiger partial charge in [0.1, 0.15) is 0 Å². The van der Waals surface area contributed by atoms with Crippen LogP contribution in [0.2, 0.25) is 0 Å². The Balaban J connectivity index is 2.47. The summed E-state index contributed by atoms with van der Waals surface area (Å²) in [5.41, 5.74) is 0. The lowest BCUT2D eigenvalue weighted by molar-refractivity contribution is 0.484. The largest absolute Gasteiger partial charge is 0.313 e. The molecule has 0 radical (unpaired) electrons. The number of hydrogen-bond donors (Lipinski definition) is 1. The van der Waals surface area contributed by atoms with E-state index in [1.54, 1.807) is 11.8 Å². The fraction of sp³-hybridized carbons (Fsp3) is 0.909. The van der Waals surface area contributed by atoms with Crippen molar-refractivity contribution >= 4 is 11.8 Å². The molecule has 1 N–H and O–H groups in total. The molecule has 17 heavy (non-hydrogen) atoms. The van der Waals surface area contributed by atoms with Crippen LogP contribution in [0.3, 0.4) is 0 Å². The molecule has 0 aliphatic carbocycles. The third-order valence-corrected chi connectivity index (χ3v) is 4.06. The van der Waals surface area contributed by atoms with Gasteiger partial charge < -0.3 is 5.32 Å². The van der Waals surface area contributed by atoms with E-state index in [0.29, 0.717) is 11.3 Å². The maximum absolute atomic E-state index is 4.09. The highest BCUT2D eigenvalue weighted by molar-refractivity contribution is 7.99. The molecule has 5 nitrogen and oxygen atoms in total. The minimum absolute atomic E-state index is 0.501. The summed E-state index contributed by atoms with van der Waals surface area (Å²) in [5, 5.41) is 16.8. The minimum Gasteiger partial charge on any atom is -0.313 e. The zero-order chi connectivity index (χ0) is 12.7. The van der Waals surface area contributed by atoms with E-state index < -0.39 is 0 Å². The molecule has 0 bridgehead atoms. The SMILES string of the molecule is CCC(CC)Sc1nnnn1CCNC(C)C. The van der Waals surface area contributed by atoms with Gasteiger partial charge in [0.15, 0.2) is 0 Å². The molecule has 1 aromatic heterocycles. The van der Waals surface area contributed by atoms with Crippen LogP contribution in [0.15, 0.2) is 5.16 Å². The molecule has 1 rings (SSSR count). The predicted octanol–water partition coefficient (Wildman–Crippen LogP) is 1.95. The van der Waals surface area contributed by atoms with E-state index in [-0.39, 0.29) is 0 Å². The first-order valence-corrected chi connectivity index (χ1v) is 7.21. The fourth-order valence-corrected chi connectivity index (χ4v) is 2.45. The summed E-state index contributed by atoms with van der Waals surface area (Å²) in [4.78, 5) is 0.